The van der Waals surface area contributed by atoms with Gasteiger partial charge in [-0.25, -0.2) is 0 Å². The predicted octanol–water partition coefficient (Wildman–Crippen LogP) is -9.27. The zero-order valence-electron chi connectivity index (χ0n) is 35.7. The smallest absolute Gasteiger partial charge is 0.217 e. The highest BCUT2D eigenvalue weighted by molar-refractivity contribution is 5.73. The molecule has 25 atom stereocenters. The van der Waals surface area contributed by atoms with Crippen LogP contribution in [-0.2, 0) is 57.0 Å². The molecule has 5 aliphatic rings. The van der Waals surface area contributed by atoms with Crippen molar-refractivity contribution in [2.45, 2.75) is 174 Å². The SMILES string of the molecule is CC(=O)N[C@H]1[C@H](OCCN=[N+]=[N-])O[C@H](CO)[C@@H](O[C@@H]2O[C@H](CO)[C@H](O)[C@H](O[C@@H]3O[C@H](CO)[C@@H](O)[C@H](O[C@@H]4O[C@H](CO)[C@H](O)[C@H](O)[C@H]4O)[C@H]3NC(C)=O)[C@H]2O)[C@@H]1O[C@@H]1O[C@@H](C)[C@@H](O)[C@@H](O)[C@@H]1O. The Bertz CT molecular complexity index is 1610. The molecule has 5 saturated heterocycles. The Morgan fingerprint density at radius 2 is 0.939 bits per heavy atom. The van der Waals surface area contributed by atoms with Crippen LogP contribution in [0.3, 0.4) is 0 Å². The summed E-state index contributed by atoms with van der Waals surface area (Å²) in [5, 5.41) is 147. The van der Waals surface area contributed by atoms with E-state index in [1.54, 1.807) is 0 Å². The molecule has 0 saturated carbocycles. The molecule has 5 heterocycles. The third-order valence-corrected chi connectivity index (χ3v) is 11.6. The number of amides is 2. The number of rotatable bonds is 18. The number of azide groups is 1. The maximum Gasteiger partial charge on any atom is 0.217 e. The number of nitrogens with one attached hydrogen (secondary N) is 2. The largest absolute Gasteiger partial charge is 0.394 e. The van der Waals surface area contributed by atoms with E-state index in [0.717, 1.165) is 13.8 Å². The number of aliphatic hydroxyl groups excluding tert-OH is 13. The molecular formula is C36H61N5O25. The molecule has 0 aromatic heterocycles. The number of hydrogen-bond acceptors (Lipinski definition) is 26. The second kappa shape index (κ2) is 24.2. The van der Waals surface area contributed by atoms with Crippen LogP contribution >= 0.6 is 0 Å². The third-order valence-electron chi connectivity index (χ3n) is 11.6. The van der Waals surface area contributed by atoms with Gasteiger partial charge in [0.05, 0.1) is 39.1 Å². The van der Waals surface area contributed by atoms with E-state index in [4.69, 9.17) is 52.9 Å². The van der Waals surface area contributed by atoms with E-state index >= 15 is 0 Å². The van der Waals surface area contributed by atoms with Crippen molar-refractivity contribution in [1.29, 1.82) is 0 Å². The maximum atomic E-state index is 12.6. The summed E-state index contributed by atoms with van der Waals surface area (Å²) in [4.78, 5) is 27.9. The van der Waals surface area contributed by atoms with Gasteiger partial charge in [-0.3, -0.25) is 9.59 Å². The average molecular weight is 964 g/mol. The lowest BCUT2D eigenvalue weighted by molar-refractivity contribution is -0.386. The summed E-state index contributed by atoms with van der Waals surface area (Å²) in [6.07, 6.45) is -41.1. The molecule has 15 N–H and O–H groups in total. The monoisotopic (exact) mass is 963 g/mol. The molecule has 0 radical (unpaired) electrons. The number of hydrogen-bond donors (Lipinski definition) is 15. The van der Waals surface area contributed by atoms with Crippen LogP contribution in [0.5, 0.6) is 0 Å². The van der Waals surface area contributed by atoms with Gasteiger partial charge in [0.1, 0.15) is 116 Å². The fraction of sp³-hybridized carbons (Fsp3) is 0.944. The molecule has 66 heavy (non-hydrogen) atoms. The molecule has 30 nitrogen and oxygen atoms in total. The van der Waals surface area contributed by atoms with Gasteiger partial charge in [-0.1, -0.05) is 5.11 Å². The van der Waals surface area contributed by atoms with Crippen molar-refractivity contribution in [1.82, 2.24) is 10.6 Å². The molecule has 2 amide bonds. The summed E-state index contributed by atoms with van der Waals surface area (Å²) >= 11 is 0. The molecule has 5 fully saturated rings. The highest BCUT2D eigenvalue weighted by atomic mass is 16.8. The Hall–Kier alpha value is -2.67. The molecule has 0 aliphatic carbocycles. The molecular weight excluding hydrogens is 902 g/mol. The molecule has 380 valence electrons. The second-order valence-electron chi connectivity index (χ2n) is 16.2. The Morgan fingerprint density at radius 1 is 0.515 bits per heavy atom. The van der Waals surface area contributed by atoms with Crippen LogP contribution in [0, 0.1) is 0 Å². The van der Waals surface area contributed by atoms with Gasteiger partial charge in [0.25, 0.3) is 0 Å². The minimum atomic E-state index is -2.18. The van der Waals surface area contributed by atoms with E-state index in [1.807, 2.05) is 0 Å². The highest BCUT2D eigenvalue weighted by Crippen LogP contribution is 2.36. The van der Waals surface area contributed by atoms with Gasteiger partial charge in [0.15, 0.2) is 31.5 Å². The molecule has 0 aromatic carbocycles. The first-order valence-electron chi connectivity index (χ1n) is 20.9. The maximum absolute atomic E-state index is 12.6. The number of aliphatic hydroxyl groups is 13. The lowest BCUT2D eigenvalue weighted by Crippen LogP contribution is -2.71. The van der Waals surface area contributed by atoms with Crippen molar-refractivity contribution in [3.05, 3.63) is 10.4 Å². The van der Waals surface area contributed by atoms with Gasteiger partial charge in [-0.2, -0.15) is 0 Å². The molecule has 0 aromatic rings. The van der Waals surface area contributed by atoms with Crippen LogP contribution in [0.25, 0.3) is 10.4 Å². The average Bonchev–Trinajstić information content (AvgIpc) is 3.28. The first-order valence-corrected chi connectivity index (χ1v) is 20.9. The quantitative estimate of drug-likeness (QED) is 0.0262. The fourth-order valence-corrected chi connectivity index (χ4v) is 8.15. The second-order valence-corrected chi connectivity index (χ2v) is 16.2. The van der Waals surface area contributed by atoms with Crippen molar-refractivity contribution in [3.63, 3.8) is 0 Å². The van der Waals surface area contributed by atoms with Gasteiger partial charge in [0, 0.05) is 25.3 Å². The minimum absolute atomic E-state index is 0.231. The number of nitrogens with zero attached hydrogens (tertiary/aromatic N) is 3. The van der Waals surface area contributed by atoms with Crippen LogP contribution in [0.1, 0.15) is 20.8 Å². The van der Waals surface area contributed by atoms with E-state index < -0.39 is 192 Å². The molecule has 0 unspecified atom stereocenters. The summed E-state index contributed by atoms with van der Waals surface area (Å²) < 4.78 is 58.5. The topological polar surface area (TPSA) is 462 Å². The molecule has 30 heteroatoms. The van der Waals surface area contributed by atoms with Crippen molar-refractivity contribution in [2.24, 2.45) is 5.11 Å². The summed E-state index contributed by atoms with van der Waals surface area (Å²) in [6, 6.07) is -3.18. The van der Waals surface area contributed by atoms with Crippen LogP contribution < -0.4 is 10.6 Å². The van der Waals surface area contributed by atoms with Crippen LogP contribution in [-0.4, -0.2) is 271 Å². The number of ether oxygens (including phenoxy) is 10. The Kier molecular flexibility index (Phi) is 19.9. The van der Waals surface area contributed by atoms with Gasteiger partial charge >= 0.3 is 0 Å². The summed E-state index contributed by atoms with van der Waals surface area (Å²) in [5.74, 6) is -1.53. The van der Waals surface area contributed by atoms with E-state index in [1.165, 1.54) is 6.92 Å². The Balaban J connectivity index is 1.48. The summed E-state index contributed by atoms with van der Waals surface area (Å²) in [7, 11) is 0. The van der Waals surface area contributed by atoms with E-state index in [2.05, 4.69) is 20.7 Å². The normalized spacial score (nSPS) is 46.5. The van der Waals surface area contributed by atoms with Gasteiger partial charge in [-0.05, 0) is 12.5 Å². The minimum Gasteiger partial charge on any atom is -0.394 e. The fourth-order valence-electron chi connectivity index (χ4n) is 8.15. The van der Waals surface area contributed by atoms with Gasteiger partial charge in [-0.15, -0.1) is 0 Å². The molecule has 0 spiro atoms. The van der Waals surface area contributed by atoms with E-state index in [9.17, 15) is 76.0 Å². The summed E-state index contributed by atoms with van der Waals surface area (Å²) in [5.41, 5.74) is 8.75. The summed E-state index contributed by atoms with van der Waals surface area (Å²) in [6.45, 7) is -0.801. The van der Waals surface area contributed by atoms with Crippen molar-refractivity contribution in [2.75, 3.05) is 39.6 Å². The zero-order valence-corrected chi connectivity index (χ0v) is 35.7. The standard InChI is InChI=1S/C36H61N5O25/c1-10-19(48)23(52)25(54)34(58-10)65-30-18(40-12(3)47)32(57-5-4-38-41-37)62-16(9-45)28(30)63-36-27(56)31(22(51)15(8-44)61-36)66-33-17(39-11(2)46)29(21(50)14(7-43)59-33)64-35-26(55)24(53)20(49)13(6-42)60-35/h10,13-36,42-45,48-56H,4-9H2,1-3H3,(H,39,46)(H,40,47)/t10-,13+,14+,15+,16+,17+,18+,19+,20-,21+,22-,23+,24-,25-,26+,27+,28+,29+,30+,31-,32+,33-,34-,35-,36-/m0/s1. The van der Waals surface area contributed by atoms with Crippen LogP contribution in [0.4, 0.5) is 0 Å². The van der Waals surface area contributed by atoms with Crippen molar-refractivity contribution < 1.29 is 123 Å². The lowest BCUT2D eigenvalue weighted by Gasteiger charge is -2.51. The van der Waals surface area contributed by atoms with Crippen LogP contribution in [0.2, 0.25) is 0 Å². The van der Waals surface area contributed by atoms with Gasteiger partial charge < -0.3 is 124 Å². The molecule has 5 aliphatic heterocycles. The van der Waals surface area contributed by atoms with E-state index in [-0.39, 0.29) is 13.2 Å². The van der Waals surface area contributed by atoms with Crippen molar-refractivity contribution >= 4 is 11.8 Å². The zero-order chi connectivity index (χ0) is 48.7. The predicted molar refractivity (Wildman–Crippen MR) is 206 cm³/mol. The highest BCUT2D eigenvalue weighted by Gasteiger charge is 2.57. The first kappa shape index (κ1) is 54.3. The number of carbonyl (C=O) groups excluding carboxylic acids is 2. The molecule has 5 rings (SSSR count). The molecule has 0 bridgehead atoms. The Morgan fingerprint density at radius 3 is 1.48 bits per heavy atom. The van der Waals surface area contributed by atoms with Crippen LogP contribution in [0.15, 0.2) is 5.11 Å². The van der Waals surface area contributed by atoms with E-state index in [0.29, 0.717) is 0 Å². The lowest BCUT2D eigenvalue weighted by atomic mass is 9.93. The third kappa shape index (κ3) is 12.2. The Labute approximate surface area is 375 Å². The van der Waals surface area contributed by atoms with Crippen molar-refractivity contribution in [3.8, 4) is 0 Å². The first-order chi connectivity index (χ1) is 31.3. The van der Waals surface area contributed by atoms with Gasteiger partial charge in [0.2, 0.25) is 11.8 Å². The number of carbonyl (C=O) groups is 2.